The van der Waals surface area contributed by atoms with Gasteiger partial charge in [-0.3, -0.25) is 14.5 Å². The first-order valence-corrected chi connectivity index (χ1v) is 13.5. The number of carbonyl (C=O) groups is 3. The van der Waals surface area contributed by atoms with Gasteiger partial charge in [-0.2, -0.15) is 9.36 Å². The fourth-order valence-electron chi connectivity index (χ4n) is 4.26. The third-order valence-corrected chi connectivity index (χ3v) is 8.05. The van der Waals surface area contributed by atoms with Crippen LogP contribution >= 0.6 is 23.3 Å². The second-order valence-corrected chi connectivity index (χ2v) is 10.6. The van der Waals surface area contributed by atoms with Gasteiger partial charge in [-0.15, -0.1) is 11.8 Å². The summed E-state index contributed by atoms with van der Waals surface area (Å²) in [5.41, 5.74) is 6.65. The van der Waals surface area contributed by atoms with Gasteiger partial charge < -0.3 is 26.1 Å². The van der Waals surface area contributed by atoms with E-state index < -0.39 is 29.2 Å². The number of fused-ring (bicyclic) bond motifs is 1. The lowest BCUT2D eigenvalue weighted by molar-refractivity contribution is -0.689. The zero-order valence-corrected chi connectivity index (χ0v) is 21.5. The number of aliphatic hydroxyl groups excluding tert-OH is 1. The van der Waals surface area contributed by atoms with Gasteiger partial charge in [-0.1, -0.05) is 11.2 Å². The minimum Gasteiger partial charge on any atom is -0.477 e. The molecule has 198 valence electrons. The number of carboxylic acid groups (broad SMARTS) is 1. The van der Waals surface area contributed by atoms with Crippen LogP contribution in [0.4, 0.5) is 5.13 Å². The van der Waals surface area contributed by atoms with Crippen molar-refractivity contribution < 1.29 is 34.0 Å². The van der Waals surface area contributed by atoms with Gasteiger partial charge in [-0.25, -0.2) is 9.36 Å². The molecule has 2 aromatic rings. The Labute approximate surface area is 224 Å². The number of rotatable bonds is 9. The van der Waals surface area contributed by atoms with Crippen molar-refractivity contribution in [1.29, 1.82) is 0 Å². The Morgan fingerprint density at radius 3 is 2.76 bits per heavy atom. The minimum absolute atomic E-state index is 0.0236. The Bertz CT molecular complexity index is 1360. The summed E-state index contributed by atoms with van der Waals surface area (Å²) in [4.78, 5) is 49.1. The normalized spacial score (nSPS) is 22.8. The molecule has 1 fully saturated rings. The maximum absolute atomic E-state index is 13.2. The Morgan fingerprint density at radius 2 is 2.13 bits per heavy atom. The molecule has 15 heteroatoms. The highest BCUT2D eigenvalue weighted by Crippen LogP contribution is 2.40. The fraction of sp³-hybridized carbons (Fsp3) is 0.348. The molecule has 1 saturated heterocycles. The zero-order chi connectivity index (χ0) is 26.8. The molecular weight excluding hydrogens is 534 g/mol. The van der Waals surface area contributed by atoms with Crippen LogP contribution in [-0.2, 0) is 32.4 Å². The molecule has 0 radical (unpaired) electrons. The van der Waals surface area contributed by atoms with Crippen molar-refractivity contribution in [3.63, 3.8) is 0 Å². The molecule has 5 rings (SSSR count). The average Bonchev–Trinajstić information content (AvgIpc) is 3.59. The molecule has 38 heavy (non-hydrogen) atoms. The highest BCUT2D eigenvalue weighted by Gasteiger charge is 2.55. The number of oxime groups is 1. The predicted molar refractivity (Wildman–Crippen MR) is 136 cm³/mol. The highest BCUT2D eigenvalue weighted by molar-refractivity contribution is 8.00. The van der Waals surface area contributed by atoms with Crippen LogP contribution in [0.3, 0.4) is 0 Å². The summed E-state index contributed by atoms with van der Waals surface area (Å²) in [6, 6.07) is 2.50. The smallest absolute Gasteiger partial charge is 0.352 e. The first-order chi connectivity index (χ1) is 18.4. The Kier molecular flexibility index (Phi) is 7.40. The van der Waals surface area contributed by atoms with E-state index >= 15 is 0 Å². The Morgan fingerprint density at radius 1 is 1.34 bits per heavy atom. The van der Waals surface area contributed by atoms with Gasteiger partial charge in [0.2, 0.25) is 11.5 Å². The van der Waals surface area contributed by atoms with Crippen LogP contribution in [0.1, 0.15) is 24.2 Å². The molecule has 13 nitrogen and oxygen atoms in total. The summed E-state index contributed by atoms with van der Waals surface area (Å²) < 4.78 is 5.82. The molecule has 1 aliphatic carbocycles. The van der Waals surface area contributed by atoms with Crippen LogP contribution in [0, 0.1) is 0 Å². The maximum Gasteiger partial charge on any atom is 0.352 e. The number of aromatic nitrogens is 3. The van der Waals surface area contributed by atoms with E-state index in [9.17, 15) is 24.6 Å². The Hall–Kier alpha value is -3.82. The highest BCUT2D eigenvalue weighted by atomic mass is 32.2. The minimum atomic E-state index is -1.22. The van der Waals surface area contributed by atoms with Crippen molar-refractivity contribution in [3.8, 4) is 0 Å². The number of β-lactam (4-membered cyclic amide) rings is 1. The number of nitrogen functional groups attached to an aromatic ring is 1. The monoisotopic (exact) mass is 558 g/mol. The number of amides is 2. The maximum atomic E-state index is 13.2. The number of thioether (sulfide) groups is 1. The molecule has 2 amide bonds. The van der Waals surface area contributed by atoms with Crippen LogP contribution in [0.15, 0.2) is 53.1 Å². The van der Waals surface area contributed by atoms with Gasteiger partial charge in [0, 0.05) is 35.0 Å². The number of nitrogens with two attached hydrogens (primary N) is 1. The Balaban J connectivity index is 1.33. The number of aliphatic hydroxyl groups is 1. The number of carboxylic acids is 1. The van der Waals surface area contributed by atoms with Crippen molar-refractivity contribution in [2.24, 2.45) is 5.16 Å². The molecule has 0 spiro atoms. The summed E-state index contributed by atoms with van der Waals surface area (Å²) in [5.74, 6) is -2.17. The fourth-order valence-corrected chi connectivity index (χ4v) is 6.03. The lowest BCUT2D eigenvalue weighted by Crippen LogP contribution is -2.71. The molecule has 3 aliphatic rings. The van der Waals surface area contributed by atoms with E-state index in [0.717, 1.165) is 29.9 Å². The first kappa shape index (κ1) is 25.8. The largest absolute Gasteiger partial charge is 0.477 e. The van der Waals surface area contributed by atoms with Gasteiger partial charge in [0.25, 0.3) is 11.8 Å². The zero-order valence-electron chi connectivity index (χ0n) is 19.9. The van der Waals surface area contributed by atoms with Crippen LogP contribution < -0.4 is 15.6 Å². The number of pyridine rings is 1. The molecular formula is C23H24N7O6S2+. The van der Waals surface area contributed by atoms with Gasteiger partial charge in [0.05, 0.1) is 6.61 Å². The van der Waals surface area contributed by atoms with Crippen LogP contribution in [0.5, 0.6) is 0 Å². The number of aliphatic carboxylic acids is 1. The van der Waals surface area contributed by atoms with Gasteiger partial charge >= 0.3 is 5.97 Å². The molecule has 4 heterocycles. The quantitative estimate of drug-likeness (QED) is 0.105. The molecule has 2 unspecified atom stereocenters. The van der Waals surface area contributed by atoms with E-state index in [0.29, 0.717) is 11.3 Å². The third kappa shape index (κ3) is 5.12. The molecule has 5 N–H and O–H groups in total. The molecule has 0 aromatic carbocycles. The van der Waals surface area contributed by atoms with Crippen LogP contribution in [0.2, 0.25) is 0 Å². The molecule has 2 aliphatic heterocycles. The van der Waals surface area contributed by atoms with Crippen molar-refractivity contribution >= 4 is 51.9 Å². The number of anilines is 1. The number of allylic oxidation sites excluding steroid dienone is 1. The van der Waals surface area contributed by atoms with E-state index in [1.165, 1.54) is 16.7 Å². The summed E-state index contributed by atoms with van der Waals surface area (Å²) >= 11 is 2.25. The van der Waals surface area contributed by atoms with E-state index in [1.54, 1.807) is 29.1 Å². The van der Waals surface area contributed by atoms with E-state index in [-0.39, 0.29) is 41.6 Å². The van der Waals surface area contributed by atoms with Crippen molar-refractivity contribution in [2.45, 2.75) is 43.5 Å². The summed E-state index contributed by atoms with van der Waals surface area (Å²) in [5, 5.41) is 25.3. The summed E-state index contributed by atoms with van der Waals surface area (Å²) in [6.07, 6.45) is 8.52. The van der Waals surface area contributed by atoms with Crippen LogP contribution in [0.25, 0.3) is 0 Å². The van der Waals surface area contributed by atoms with Gasteiger partial charge in [0.1, 0.15) is 23.2 Å². The van der Waals surface area contributed by atoms with E-state index in [1.807, 2.05) is 12.2 Å². The lowest BCUT2D eigenvalue weighted by Gasteiger charge is -2.49. The first-order valence-electron chi connectivity index (χ1n) is 11.7. The lowest BCUT2D eigenvalue weighted by atomic mass is 10.0. The predicted octanol–water partition coefficient (Wildman–Crippen LogP) is -0.222. The SMILES string of the molecule is Nc1nc(C(=NOC2C=CCC2)C(=O)NC2C(=O)N3C(C(=O)O)=C(C[n+]4ccc(CO)cc4)CS[C@@H]23)ns1. The van der Waals surface area contributed by atoms with Crippen molar-refractivity contribution in [1.82, 2.24) is 19.6 Å². The van der Waals surface area contributed by atoms with E-state index in [4.69, 9.17) is 10.6 Å². The van der Waals surface area contributed by atoms with Crippen molar-refractivity contribution in [3.05, 3.63) is 59.3 Å². The topological polar surface area (TPSA) is 184 Å². The second-order valence-electron chi connectivity index (χ2n) is 8.70. The summed E-state index contributed by atoms with van der Waals surface area (Å²) in [7, 11) is 0. The van der Waals surface area contributed by atoms with Crippen molar-refractivity contribution in [2.75, 3.05) is 11.5 Å². The van der Waals surface area contributed by atoms with Crippen LogP contribution in [-0.4, -0.2) is 71.2 Å². The van der Waals surface area contributed by atoms with Gasteiger partial charge in [0.15, 0.2) is 24.1 Å². The number of hydrogen-bond donors (Lipinski definition) is 4. The molecule has 0 bridgehead atoms. The average molecular weight is 559 g/mol. The molecule has 0 saturated carbocycles. The molecule has 2 aromatic heterocycles. The number of nitrogens with zero attached hydrogens (tertiary/aromatic N) is 5. The molecule has 3 atom stereocenters. The number of hydrogen-bond acceptors (Lipinski definition) is 11. The standard InChI is InChI=1S/C23H23N7O6S2/c24-23-26-18(28-38-23)15(27-36-14-3-1-2-4-14)19(32)25-16-20(33)30-17(22(34)35)13(11-37-21(16)30)9-29-7-5-12(10-31)6-8-29/h1,3,5-8,14,16,21,31H,2,4,9-11H2,(H3-,24,25,26,28,32,34,35)/p+1/t14?,16?,21-/m0/s1. The summed E-state index contributed by atoms with van der Waals surface area (Å²) in [6.45, 7) is 0.160. The third-order valence-electron chi connectivity index (χ3n) is 6.17. The van der Waals surface area contributed by atoms with E-state index in [2.05, 4.69) is 19.8 Å². The second kappa shape index (κ2) is 10.9. The number of nitrogens with one attached hydrogen (secondary N) is 1. The van der Waals surface area contributed by atoms with Gasteiger partial charge in [-0.05, 0) is 24.5 Å². The number of carbonyl (C=O) groups excluding carboxylic acids is 2.